The summed E-state index contributed by atoms with van der Waals surface area (Å²) in [5.41, 5.74) is 3.93. The summed E-state index contributed by atoms with van der Waals surface area (Å²) in [6.07, 6.45) is 6.25. The molecule has 4 rings (SSSR count). The Morgan fingerprint density at radius 3 is 2.65 bits per heavy atom. The van der Waals surface area contributed by atoms with Crippen molar-refractivity contribution in [2.75, 3.05) is 31.6 Å². The number of hydrogen-bond acceptors (Lipinski definition) is 4. The third-order valence-electron chi connectivity index (χ3n) is 5.79. The number of nitrogens with one attached hydrogen (secondary N) is 2. The summed E-state index contributed by atoms with van der Waals surface area (Å²) in [5.74, 6) is 1.65. The van der Waals surface area contributed by atoms with Gasteiger partial charge in [0.25, 0.3) is 0 Å². The van der Waals surface area contributed by atoms with E-state index in [1.165, 1.54) is 44.3 Å². The van der Waals surface area contributed by atoms with Crippen LogP contribution in [0.15, 0.2) is 42.5 Å². The average molecular weight is 421 g/mol. The highest BCUT2D eigenvalue weighted by atomic mass is 16.5. The van der Waals surface area contributed by atoms with Crippen LogP contribution in [0.25, 0.3) is 11.0 Å². The van der Waals surface area contributed by atoms with Crippen LogP contribution in [0.3, 0.4) is 0 Å². The highest BCUT2D eigenvalue weighted by Gasteiger charge is 2.09. The van der Waals surface area contributed by atoms with Crippen LogP contribution in [0, 0.1) is 6.92 Å². The molecule has 3 aromatic rings. The molecule has 1 saturated heterocycles. The molecule has 0 aliphatic carbocycles. The molecule has 164 valence electrons. The van der Waals surface area contributed by atoms with Gasteiger partial charge in [-0.2, -0.15) is 0 Å². The van der Waals surface area contributed by atoms with Crippen LogP contribution in [0.1, 0.15) is 43.5 Å². The number of aromatic nitrogens is 2. The minimum absolute atomic E-state index is 0.0218. The van der Waals surface area contributed by atoms with Crippen molar-refractivity contribution in [1.29, 1.82) is 0 Å². The fourth-order valence-corrected chi connectivity index (χ4v) is 4.04. The van der Waals surface area contributed by atoms with Gasteiger partial charge in [0.15, 0.2) is 0 Å². The molecule has 1 aliphatic heterocycles. The van der Waals surface area contributed by atoms with E-state index in [0.717, 1.165) is 34.8 Å². The third kappa shape index (κ3) is 6.31. The number of fused-ring (bicyclic) bond motifs is 1. The average Bonchev–Trinajstić information content (AvgIpc) is 2.98. The Morgan fingerprint density at radius 2 is 1.87 bits per heavy atom. The number of hydrogen-bond donors (Lipinski definition) is 2. The Labute approximate surface area is 184 Å². The zero-order valence-electron chi connectivity index (χ0n) is 18.3. The molecular formula is C25H32N4O2. The highest BCUT2D eigenvalue weighted by Crippen LogP contribution is 2.17. The van der Waals surface area contributed by atoms with Gasteiger partial charge < -0.3 is 15.0 Å². The van der Waals surface area contributed by atoms with Gasteiger partial charge >= 0.3 is 0 Å². The van der Waals surface area contributed by atoms with E-state index < -0.39 is 0 Å². The van der Waals surface area contributed by atoms with E-state index in [0.29, 0.717) is 19.4 Å². The van der Waals surface area contributed by atoms with Gasteiger partial charge in [-0.25, -0.2) is 4.98 Å². The van der Waals surface area contributed by atoms with Crippen molar-refractivity contribution in [1.82, 2.24) is 14.9 Å². The first-order valence-electron chi connectivity index (χ1n) is 11.4. The van der Waals surface area contributed by atoms with Gasteiger partial charge in [-0.15, -0.1) is 0 Å². The number of benzene rings is 2. The molecule has 2 aromatic carbocycles. The lowest BCUT2D eigenvalue weighted by Crippen LogP contribution is -2.29. The van der Waals surface area contributed by atoms with Crippen LogP contribution in [-0.2, 0) is 11.2 Å². The molecule has 2 heterocycles. The monoisotopic (exact) mass is 420 g/mol. The summed E-state index contributed by atoms with van der Waals surface area (Å²) >= 11 is 0. The summed E-state index contributed by atoms with van der Waals surface area (Å²) in [7, 11) is 0. The molecule has 6 heteroatoms. The number of aromatic amines is 1. The molecular weight excluding hydrogens is 388 g/mol. The summed E-state index contributed by atoms with van der Waals surface area (Å²) in [5, 5.41) is 2.95. The largest absolute Gasteiger partial charge is 0.492 e. The van der Waals surface area contributed by atoms with E-state index in [-0.39, 0.29) is 5.91 Å². The van der Waals surface area contributed by atoms with Gasteiger partial charge in [0.2, 0.25) is 5.91 Å². The molecule has 0 atom stereocenters. The van der Waals surface area contributed by atoms with E-state index >= 15 is 0 Å². The zero-order valence-corrected chi connectivity index (χ0v) is 18.3. The maximum atomic E-state index is 12.3. The molecule has 1 aromatic heterocycles. The molecule has 0 saturated carbocycles. The fourth-order valence-electron chi connectivity index (χ4n) is 4.04. The van der Waals surface area contributed by atoms with Crippen molar-refractivity contribution in [3.63, 3.8) is 0 Å². The number of ether oxygens (including phenoxy) is 1. The predicted octanol–water partition coefficient (Wildman–Crippen LogP) is 4.70. The lowest BCUT2D eigenvalue weighted by atomic mass is 10.2. The van der Waals surface area contributed by atoms with Crippen molar-refractivity contribution in [3.05, 3.63) is 53.9 Å². The minimum atomic E-state index is -0.0218. The van der Waals surface area contributed by atoms with Crippen LogP contribution in [0.4, 0.5) is 5.69 Å². The number of H-pyrrole nitrogens is 1. The van der Waals surface area contributed by atoms with E-state index in [4.69, 9.17) is 4.74 Å². The van der Waals surface area contributed by atoms with Gasteiger partial charge in [-0.05, 0) is 74.8 Å². The number of anilines is 1. The molecule has 1 aliphatic rings. The van der Waals surface area contributed by atoms with Crippen molar-refractivity contribution >= 4 is 22.6 Å². The maximum absolute atomic E-state index is 12.3. The van der Waals surface area contributed by atoms with Crippen LogP contribution >= 0.6 is 0 Å². The van der Waals surface area contributed by atoms with Gasteiger partial charge in [0.1, 0.15) is 18.2 Å². The first kappa shape index (κ1) is 21.4. The molecule has 0 unspecified atom stereocenters. The molecule has 0 spiro atoms. The Balaban J connectivity index is 1.20. The molecule has 0 radical (unpaired) electrons. The topological polar surface area (TPSA) is 70.2 Å². The van der Waals surface area contributed by atoms with Gasteiger partial charge in [0.05, 0.1) is 11.0 Å². The second-order valence-corrected chi connectivity index (χ2v) is 8.38. The summed E-state index contributed by atoms with van der Waals surface area (Å²) in [6.45, 7) is 6.09. The smallest absolute Gasteiger partial charge is 0.224 e. The van der Waals surface area contributed by atoms with Gasteiger partial charge in [-0.1, -0.05) is 18.9 Å². The number of likely N-dealkylation sites (tertiary alicyclic amines) is 1. The van der Waals surface area contributed by atoms with E-state index in [2.05, 4.69) is 33.2 Å². The van der Waals surface area contributed by atoms with E-state index in [1.807, 2.05) is 36.4 Å². The Bertz CT molecular complexity index is 988. The van der Waals surface area contributed by atoms with Gasteiger partial charge in [-0.3, -0.25) is 9.69 Å². The lowest BCUT2D eigenvalue weighted by Gasteiger charge is -2.19. The Kier molecular flexibility index (Phi) is 7.20. The molecule has 1 fully saturated rings. The molecule has 0 bridgehead atoms. The van der Waals surface area contributed by atoms with Crippen LogP contribution in [0.5, 0.6) is 5.75 Å². The second kappa shape index (κ2) is 10.4. The lowest BCUT2D eigenvalue weighted by molar-refractivity contribution is -0.116. The predicted molar refractivity (Wildman–Crippen MR) is 125 cm³/mol. The number of rotatable bonds is 8. The molecule has 1 amide bonds. The summed E-state index contributed by atoms with van der Waals surface area (Å²) in [6, 6.07) is 13.7. The standard InChI is InChI=1S/C25H32N4O2/c1-19-6-11-22-23(18-19)28-24(27-22)12-13-25(30)26-20-7-9-21(10-8-20)31-17-16-29-14-4-2-3-5-15-29/h6-11,18H,2-5,12-17H2,1H3,(H,26,30)(H,27,28). The number of carbonyl (C=O) groups is 1. The molecule has 31 heavy (non-hydrogen) atoms. The van der Waals surface area contributed by atoms with Crippen LogP contribution in [-0.4, -0.2) is 47.0 Å². The Morgan fingerprint density at radius 1 is 1.10 bits per heavy atom. The normalized spacial score (nSPS) is 15.0. The number of carbonyl (C=O) groups excluding carboxylic acids is 1. The number of imidazole rings is 1. The van der Waals surface area contributed by atoms with Crippen LogP contribution < -0.4 is 10.1 Å². The van der Waals surface area contributed by atoms with Crippen molar-refractivity contribution in [2.45, 2.75) is 45.4 Å². The number of amides is 1. The summed E-state index contributed by atoms with van der Waals surface area (Å²) in [4.78, 5) is 22.7. The van der Waals surface area contributed by atoms with Gasteiger partial charge in [0, 0.05) is 25.1 Å². The first-order chi connectivity index (χ1) is 15.2. The third-order valence-corrected chi connectivity index (χ3v) is 5.79. The van der Waals surface area contributed by atoms with Crippen molar-refractivity contribution < 1.29 is 9.53 Å². The number of aryl methyl sites for hydroxylation is 2. The maximum Gasteiger partial charge on any atom is 0.224 e. The van der Waals surface area contributed by atoms with Crippen molar-refractivity contribution in [2.24, 2.45) is 0 Å². The fraction of sp³-hybridized carbons (Fsp3) is 0.440. The van der Waals surface area contributed by atoms with E-state index in [1.54, 1.807) is 0 Å². The second-order valence-electron chi connectivity index (χ2n) is 8.38. The SMILES string of the molecule is Cc1ccc2nc(CCC(=O)Nc3ccc(OCCN4CCCCCC4)cc3)[nH]c2c1. The number of nitrogens with zero attached hydrogens (tertiary/aromatic N) is 2. The van der Waals surface area contributed by atoms with Crippen molar-refractivity contribution in [3.8, 4) is 5.75 Å². The first-order valence-corrected chi connectivity index (χ1v) is 11.4. The minimum Gasteiger partial charge on any atom is -0.492 e. The molecule has 2 N–H and O–H groups in total. The highest BCUT2D eigenvalue weighted by molar-refractivity contribution is 5.90. The summed E-state index contributed by atoms with van der Waals surface area (Å²) < 4.78 is 5.89. The quantitative estimate of drug-likeness (QED) is 0.554. The van der Waals surface area contributed by atoms with E-state index in [9.17, 15) is 4.79 Å². The van der Waals surface area contributed by atoms with Crippen LogP contribution in [0.2, 0.25) is 0 Å². The zero-order chi connectivity index (χ0) is 21.5. The Hall–Kier alpha value is -2.86. The molecule has 6 nitrogen and oxygen atoms in total.